The number of piperidine rings is 1. The average molecular weight is 279 g/mol. The second kappa shape index (κ2) is 6.44. The quantitative estimate of drug-likeness (QED) is 0.799. The van der Waals surface area contributed by atoms with Crippen LogP contribution in [0.15, 0.2) is 0 Å². The molecule has 3 fully saturated rings. The number of likely N-dealkylation sites (tertiary alicyclic amines) is 1. The van der Waals surface area contributed by atoms with E-state index in [1.807, 2.05) is 0 Å². The van der Waals surface area contributed by atoms with Crippen LogP contribution >= 0.6 is 0 Å². The average Bonchev–Trinajstić information content (AvgIpc) is 3.03. The maximum atomic E-state index is 12.1. The topological polar surface area (TPSA) is 44.4 Å². The molecule has 2 N–H and O–H groups in total. The van der Waals surface area contributed by atoms with Crippen LogP contribution in [0.3, 0.4) is 0 Å². The molecule has 3 rings (SSSR count). The molecule has 0 aromatic heterocycles. The summed E-state index contributed by atoms with van der Waals surface area (Å²) in [7, 11) is 0. The van der Waals surface area contributed by atoms with E-state index in [1.165, 1.54) is 38.6 Å². The van der Waals surface area contributed by atoms with Crippen LogP contribution in [-0.2, 0) is 4.79 Å². The van der Waals surface area contributed by atoms with Crippen molar-refractivity contribution in [2.45, 2.75) is 57.5 Å². The highest BCUT2D eigenvalue weighted by molar-refractivity contribution is 5.76. The molecule has 0 aromatic carbocycles. The van der Waals surface area contributed by atoms with Crippen LogP contribution in [-0.4, -0.2) is 49.1 Å². The summed E-state index contributed by atoms with van der Waals surface area (Å²) in [5.41, 5.74) is 0. The summed E-state index contributed by atoms with van der Waals surface area (Å²) in [6, 6.07) is 1.39. The zero-order valence-corrected chi connectivity index (χ0v) is 12.7. The number of amides is 1. The molecule has 3 atom stereocenters. The van der Waals surface area contributed by atoms with Crippen molar-refractivity contribution >= 4 is 5.91 Å². The molecule has 2 bridgehead atoms. The molecule has 1 amide bonds. The molecule has 3 heterocycles. The van der Waals surface area contributed by atoms with Crippen LogP contribution in [0.4, 0.5) is 0 Å². The monoisotopic (exact) mass is 279 g/mol. The van der Waals surface area contributed by atoms with Gasteiger partial charge in [0.25, 0.3) is 0 Å². The first-order valence-corrected chi connectivity index (χ1v) is 8.48. The molecular weight excluding hydrogens is 250 g/mol. The standard InChI is InChI=1S/C16H29N3O/c1-2-19-6-5-12(11-19)10-17-16(20)9-13-7-14-3-4-15(8-13)18-14/h12-15,18H,2-11H2,1H3,(H,17,20). The molecule has 0 saturated carbocycles. The third-order valence-corrected chi connectivity index (χ3v) is 5.45. The van der Waals surface area contributed by atoms with Gasteiger partial charge in [-0.05, 0) is 57.0 Å². The summed E-state index contributed by atoms with van der Waals surface area (Å²) >= 11 is 0. The lowest BCUT2D eigenvalue weighted by Crippen LogP contribution is -2.40. The first-order valence-electron chi connectivity index (χ1n) is 8.48. The van der Waals surface area contributed by atoms with Crippen LogP contribution < -0.4 is 10.6 Å². The summed E-state index contributed by atoms with van der Waals surface area (Å²) in [5.74, 6) is 1.57. The number of nitrogens with one attached hydrogen (secondary N) is 2. The minimum absolute atomic E-state index is 0.284. The molecule has 3 aliphatic rings. The lowest BCUT2D eigenvalue weighted by molar-refractivity contribution is -0.122. The Labute approximate surface area is 122 Å². The van der Waals surface area contributed by atoms with Crippen LogP contribution in [0.2, 0.25) is 0 Å². The minimum Gasteiger partial charge on any atom is -0.356 e. The fourth-order valence-electron chi connectivity index (χ4n) is 4.30. The maximum Gasteiger partial charge on any atom is 0.220 e. The van der Waals surface area contributed by atoms with E-state index in [0.717, 1.165) is 26.1 Å². The Bertz CT molecular complexity index is 335. The van der Waals surface area contributed by atoms with E-state index in [0.29, 0.717) is 23.9 Å². The van der Waals surface area contributed by atoms with E-state index >= 15 is 0 Å². The molecule has 0 radical (unpaired) electrons. The zero-order valence-electron chi connectivity index (χ0n) is 12.7. The zero-order chi connectivity index (χ0) is 13.9. The van der Waals surface area contributed by atoms with Crippen LogP contribution in [0.25, 0.3) is 0 Å². The van der Waals surface area contributed by atoms with Gasteiger partial charge in [-0.15, -0.1) is 0 Å². The van der Waals surface area contributed by atoms with Crippen LogP contribution in [0, 0.1) is 11.8 Å². The molecule has 3 saturated heterocycles. The Morgan fingerprint density at radius 3 is 2.60 bits per heavy atom. The highest BCUT2D eigenvalue weighted by Gasteiger charge is 2.34. The van der Waals surface area contributed by atoms with Gasteiger partial charge in [0, 0.05) is 31.6 Å². The van der Waals surface area contributed by atoms with Gasteiger partial charge in [-0.1, -0.05) is 6.92 Å². The van der Waals surface area contributed by atoms with Gasteiger partial charge in [-0.3, -0.25) is 4.79 Å². The van der Waals surface area contributed by atoms with Crippen molar-refractivity contribution in [3.63, 3.8) is 0 Å². The fourth-order valence-corrected chi connectivity index (χ4v) is 4.30. The van der Waals surface area contributed by atoms with Crippen LogP contribution in [0.5, 0.6) is 0 Å². The van der Waals surface area contributed by atoms with Gasteiger partial charge in [-0.25, -0.2) is 0 Å². The Morgan fingerprint density at radius 1 is 1.20 bits per heavy atom. The Hall–Kier alpha value is -0.610. The van der Waals surface area contributed by atoms with E-state index in [4.69, 9.17) is 0 Å². The van der Waals surface area contributed by atoms with E-state index in [9.17, 15) is 4.79 Å². The maximum absolute atomic E-state index is 12.1. The highest BCUT2D eigenvalue weighted by Crippen LogP contribution is 2.32. The molecule has 20 heavy (non-hydrogen) atoms. The van der Waals surface area contributed by atoms with Gasteiger partial charge in [-0.2, -0.15) is 0 Å². The molecule has 4 heteroatoms. The Morgan fingerprint density at radius 2 is 1.95 bits per heavy atom. The molecule has 4 nitrogen and oxygen atoms in total. The second-order valence-electron chi connectivity index (χ2n) is 7.03. The number of fused-ring (bicyclic) bond motifs is 2. The third-order valence-electron chi connectivity index (χ3n) is 5.45. The molecular formula is C16H29N3O. The van der Waals surface area contributed by atoms with Gasteiger partial charge < -0.3 is 15.5 Å². The Balaban J connectivity index is 1.35. The molecule has 0 aromatic rings. The van der Waals surface area contributed by atoms with Gasteiger partial charge in [0.2, 0.25) is 5.91 Å². The second-order valence-corrected chi connectivity index (χ2v) is 7.03. The molecule has 3 aliphatic heterocycles. The summed E-state index contributed by atoms with van der Waals surface area (Å²) < 4.78 is 0. The van der Waals surface area contributed by atoms with E-state index in [-0.39, 0.29) is 5.91 Å². The number of hydrogen-bond donors (Lipinski definition) is 2. The van der Waals surface area contributed by atoms with Crippen molar-refractivity contribution in [2.24, 2.45) is 11.8 Å². The highest BCUT2D eigenvalue weighted by atomic mass is 16.1. The predicted molar refractivity (Wildman–Crippen MR) is 80.5 cm³/mol. The third kappa shape index (κ3) is 3.53. The first kappa shape index (κ1) is 14.3. The molecule has 3 unspecified atom stereocenters. The SMILES string of the molecule is CCN1CCC(CNC(=O)CC2CC3CCC(C2)N3)C1. The fraction of sp³-hybridized carbons (Fsp3) is 0.938. The largest absolute Gasteiger partial charge is 0.356 e. The molecule has 114 valence electrons. The van der Waals surface area contributed by atoms with E-state index in [1.54, 1.807) is 0 Å². The normalized spacial score (nSPS) is 37.2. The van der Waals surface area contributed by atoms with E-state index < -0.39 is 0 Å². The minimum atomic E-state index is 0.284. The van der Waals surface area contributed by atoms with E-state index in [2.05, 4.69) is 22.5 Å². The summed E-state index contributed by atoms with van der Waals surface area (Å²) in [6.07, 6.45) is 7.04. The number of hydrogen-bond acceptors (Lipinski definition) is 3. The number of rotatable bonds is 5. The lowest BCUT2D eigenvalue weighted by Gasteiger charge is -2.28. The summed E-state index contributed by atoms with van der Waals surface area (Å²) in [5, 5.41) is 6.82. The van der Waals surface area contributed by atoms with Crippen molar-refractivity contribution in [3.8, 4) is 0 Å². The summed E-state index contributed by atoms with van der Waals surface area (Å²) in [6.45, 7) is 6.60. The van der Waals surface area contributed by atoms with Crippen molar-refractivity contribution < 1.29 is 4.79 Å². The van der Waals surface area contributed by atoms with Gasteiger partial charge in [0.1, 0.15) is 0 Å². The van der Waals surface area contributed by atoms with Crippen molar-refractivity contribution in [2.75, 3.05) is 26.2 Å². The van der Waals surface area contributed by atoms with Crippen molar-refractivity contribution in [3.05, 3.63) is 0 Å². The smallest absolute Gasteiger partial charge is 0.220 e. The van der Waals surface area contributed by atoms with Crippen molar-refractivity contribution in [1.82, 2.24) is 15.5 Å². The number of carbonyl (C=O) groups is 1. The lowest BCUT2D eigenvalue weighted by atomic mass is 9.89. The predicted octanol–water partition coefficient (Wildman–Crippen LogP) is 1.37. The Kier molecular flexibility index (Phi) is 4.61. The van der Waals surface area contributed by atoms with Gasteiger partial charge in [0.15, 0.2) is 0 Å². The van der Waals surface area contributed by atoms with Crippen molar-refractivity contribution in [1.29, 1.82) is 0 Å². The first-order chi connectivity index (χ1) is 9.72. The van der Waals surface area contributed by atoms with Gasteiger partial charge in [0.05, 0.1) is 0 Å². The van der Waals surface area contributed by atoms with Gasteiger partial charge >= 0.3 is 0 Å². The number of carbonyl (C=O) groups excluding carboxylic acids is 1. The number of nitrogens with zero attached hydrogens (tertiary/aromatic N) is 1. The molecule has 0 aliphatic carbocycles. The van der Waals surface area contributed by atoms with Crippen LogP contribution in [0.1, 0.15) is 45.4 Å². The summed E-state index contributed by atoms with van der Waals surface area (Å²) in [4.78, 5) is 14.6. The molecule has 0 spiro atoms.